The predicted molar refractivity (Wildman–Crippen MR) is 50.3 cm³/mol. The van der Waals surface area contributed by atoms with Crippen LogP contribution in [0.2, 0.25) is 0 Å². The fourth-order valence-corrected chi connectivity index (χ4v) is 1.07. The first-order valence-corrected chi connectivity index (χ1v) is 4.86. The van der Waals surface area contributed by atoms with Gasteiger partial charge in [0.25, 0.3) is 0 Å². The molecule has 0 saturated heterocycles. The Hall–Kier alpha value is -0.610. The molecular weight excluding hydrogens is 168 g/mol. The van der Waals surface area contributed by atoms with E-state index >= 15 is 0 Å². The molecule has 0 spiro atoms. The van der Waals surface area contributed by atoms with Gasteiger partial charge in [-0.05, 0) is 19.8 Å². The van der Waals surface area contributed by atoms with Crippen molar-refractivity contribution in [3.8, 4) is 0 Å². The van der Waals surface area contributed by atoms with Crippen molar-refractivity contribution in [1.29, 1.82) is 0 Å². The largest absolute Gasteiger partial charge is 0.394 e. The molecule has 1 atom stereocenters. The van der Waals surface area contributed by atoms with Crippen LogP contribution in [0.15, 0.2) is 0 Å². The number of nitrogens with one attached hydrogen (secondary N) is 2. The Morgan fingerprint density at radius 3 is 2.85 bits per heavy atom. The van der Waals surface area contributed by atoms with Crippen LogP contribution in [0.1, 0.15) is 26.2 Å². The number of carbonyl (C=O) groups excluding carboxylic acids is 1. The minimum Gasteiger partial charge on any atom is -0.394 e. The molecule has 0 aromatic heterocycles. The summed E-state index contributed by atoms with van der Waals surface area (Å²) in [6.07, 6.45) is 2.99. The van der Waals surface area contributed by atoms with Crippen molar-refractivity contribution in [2.75, 3.05) is 13.2 Å². The van der Waals surface area contributed by atoms with Crippen molar-refractivity contribution < 1.29 is 9.90 Å². The molecule has 1 aliphatic rings. The first-order valence-electron chi connectivity index (χ1n) is 4.86. The fourth-order valence-electron chi connectivity index (χ4n) is 1.07. The first kappa shape index (κ1) is 10.5. The second kappa shape index (κ2) is 5.19. The van der Waals surface area contributed by atoms with Gasteiger partial charge in [0.1, 0.15) is 0 Å². The van der Waals surface area contributed by atoms with Crippen molar-refractivity contribution in [1.82, 2.24) is 10.6 Å². The fraction of sp³-hybridized carbons (Fsp3) is 0.889. The first-order chi connectivity index (χ1) is 6.22. The molecule has 13 heavy (non-hydrogen) atoms. The van der Waals surface area contributed by atoms with Crippen molar-refractivity contribution in [2.45, 2.75) is 38.3 Å². The van der Waals surface area contributed by atoms with Crippen molar-refractivity contribution in [3.05, 3.63) is 0 Å². The zero-order valence-corrected chi connectivity index (χ0v) is 8.05. The van der Waals surface area contributed by atoms with Gasteiger partial charge in [0.2, 0.25) is 5.91 Å². The molecule has 3 N–H and O–H groups in total. The van der Waals surface area contributed by atoms with Gasteiger partial charge < -0.3 is 15.7 Å². The predicted octanol–water partition coefficient (Wildman–Crippen LogP) is -0.374. The third kappa shape index (κ3) is 4.85. The number of hydrogen-bond acceptors (Lipinski definition) is 3. The summed E-state index contributed by atoms with van der Waals surface area (Å²) in [5.74, 6) is 0.00898. The molecule has 1 rings (SSSR count). The normalized spacial score (nSPS) is 18.3. The molecule has 4 nitrogen and oxygen atoms in total. The van der Waals surface area contributed by atoms with Crippen LogP contribution in [0.3, 0.4) is 0 Å². The Labute approximate surface area is 78.7 Å². The Bertz CT molecular complexity index is 169. The van der Waals surface area contributed by atoms with Gasteiger partial charge in [0, 0.05) is 25.0 Å². The number of rotatable bonds is 6. The Morgan fingerprint density at radius 1 is 1.62 bits per heavy atom. The number of aliphatic hydroxyl groups is 1. The van der Waals surface area contributed by atoms with Crippen LogP contribution in [0.5, 0.6) is 0 Å². The Balaban J connectivity index is 1.96. The molecule has 1 fully saturated rings. The highest BCUT2D eigenvalue weighted by Crippen LogP contribution is 2.18. The van der Waals surface area contributed by atoms with E-state index in [4.69, 9.17) is 5.11 Å². The zero-order valence-electron chi connectivity index (χ0n) is 8.05. The van der Waals surface area contributed by atoms with Gasteiger partial charge in [-0.1, -0.05) is 0 Å². The molecule has 0 aliphatic heterocycles. The lowest BCUT2D eigenvalue weighted by atomic mass is 10.3. The second-order valence-electron chi connectivity index (χ2n) is 3.63. The van der Waals surface area contributed by atoms with Crippen LogP contribution in [0.4, 0.5) is 0 Å². The Kier molecular flexibility index (Phi) is 4.18. The molecule has 0 bridgehead atoms. The number of carbonyl (C=O) groups is 1. The van der Waals surface area contributed by atoms with E-state index in [0.29, 0.717) is 12.5 Å². The van der Waals surface area contributed by atoms with Gasteiger partial charge in [0.15, 0.2) is 0 Å². The lowest BCUT2D eigenvalue weighted by molar-refractivity contribution is -0.121. The Morgan fingerprint density at radius 2 is 2.31 bits per heavy atom. The molecule has 0 aromatic carbocycles. The van der Waals surface area contributed by atoms with E-state index in [0.717, 1.165) is 6.54 Å². The summed E-state index contributed by atoms with van der Waals surface area (Å²) in [6.45, 7) is 2.53. The summed E-state index contributed by atoms with van der Waals surface area (Å²) in [7, 11) is 0. The topological polar surface area (TPSA) is 61.4 Å². The third-order valence-corrected chi connectivity index (χ3v) is 2.04. The highest BCUT2D eigenvalue weighted by Gasteiger charge is 2.20. The van der Waals surface area contributed by atoms with Gasteiger partial charge >= 0.3 is 0 Å². The van der Waals surface area contributed by atoms with E-state index in [1.54, 1.807) is 6.92 Å². The quantitative estimate of drug-likeness (QED) is 0.530. The lowest BCUT2D eigenvalue weighted by Crippen LogP contribution is -2.36. The van der Waals surface area contributed by atoms with Crippen molar-refractivity contribution in [2.24, 2.45) is 0 Å². The van der Waals surface area contributed by atoms with Crippen LogP contribution >= 0.6 is 0 Å². The SMILES string of the molecule is C[C@H](CO)NC(=O)CCNC1CC1. The molecule has 4 heteroatoms. The monoisotopic (exact) mass is 186 g/mol. The average Bonchev–Trinajstić information content (AvgIpc) is 2.88. The van der Waals surface area contributed by atoms with E-state index in [9.17, 15) is 4.79 Å². The molecule has 0 unspecified atom stereocenters. The highest BCUT2D eigenvalue weighted by molar-refractivity contribution is 5.76. The molecule has 0 aromatic rings. The lowest BCUT2D eigenvalue weighted by Gasteiger charge is -2.10. The van der Waals surface area contributed by atoms with E-state index in [1.165, 1.54) is 12.8 Å². The number of amides is 1. The van der Waals surface area contributed by atoms with Crippen LogP contribution < -0.4 is 10.6 Å². The molecule has 76 valence electrons. The maximum absolute atomic E-state index is 11.2. The highest BCUT2D eigenvalue weighted by atomic mass is 16.3. The maximum atomic E-state index is 11.2. The van der Waals surface area contributed by atoms with Crippen LogP contribution in [-0.2, 0) is 4.79 Å². The van der Waals surface area contributed by atoms with Crippen LogP contribution in [-0.4, -0.2) is 36.2 Å². The average molecular weight is 186 g/mol. The van der Waals surface area contributed by atoms with Gasteiger partial charge in [-0.15, -0.1) is 0 Å². The molecule has 1 amide bonds. The van der Waals surface area contributed by atoms with E-state index in [1.807, 2.05) is 0 Å². The smallest absolute Gasteiger partial charge is 0.221 e. The van der Waals surface area contributed by atoms with Crippen molar-refractivity contribution >= 4 is 5.91 Å². The molecule has 1 saturated carbocycles. The van der Waals surface area contributed by atoms with Crippen molar-refractivity contribution in [3.63, 3.8) is 0 Å². The summed E-state index contributed by atoms with van der Waals surface area (Å²) in [5.41, 5.74) is 0. The zero-order chi connectivity index (χ0) is 9.68. The summed E-state index contributed by atoms with van der Waals surface area (Å²) >= 11 is 0. The summed E-state index contributed by atoms with van der Waals surface area (Å²) in [4.78, 5) is 11.2. The van der Waals surface area contributed by atoms with E-state index in [2.05, 4.69) is 10.6 Å². The van der Waals surface area contributed by atoms with E-state index < -0.39 is 0 Å². The minimum atomic E-state index is -0.131. The maximum Gasteiger partial charge on any atom is 0.221 e. The number of hydrogen-bond donors (Lipinski definition) is 3. The number of aliphatic hydroxyl groups excluding tert-OH is 1. The standard InChI is InChI=1S/C9H18N2O2/c1-7(6-12)11-9(13)4-5-10-8-2-3-8/h7-8,10,12H,2-6H2,1H3,(H,11,13)/t7-/m1/s1. The van der Waals surface area contributed by atoms with Gasteiger partial charge in [-0.3, -0.25) is 4.79 Å². The van der Waals surface area contributed by atoms with Gasteiger partial charge in [0.05, 0.1) is 6.61 Å². The minimum absolute atomic E-state index is 0.00178. The van der Waals surface area contributed by atoms with Gasteiger partial charge in [-0.25, -0.2) is 0 Å². The molecule has 1 aliphatic carbocycles. The second-order valence-corrected chi connectivity index (χ2v) is 3.63. The summed E-state index contributed by atoms with van der Waals surface area (Å²) in [6, 6.07) is 0.525. The third-order valence-electron chi connectivity index (χ3n) is 2.04. The van der Waals surface area contributed by atoms with Crippen LogP contribution in [0, 0.1) is 0 Å². The van der Waals surface area contributed by atoms with Crippen LogP contribution in [0.25, 0.3) is 0 Å². The summed E-state index contributed by atoms with van der Waals surface area (Å²) in [5, 5.41) is 14.6. The van der Waals surface area contributed by atoms with E-state index in [-0.39, 0.29) is 18.6 Å². The van der Waals surface area contributed by atoms with Gasteiger partial charge in [-0.2, -0.15) is 0 Å². The molecular formula is C9H18N2O2. The molecule has 0 radical (unpaired) electrons. The molecule has 0 heterocycles. The summed E-state index contributed by atoms with van der Waals surface area (Å²) < 4.78 is 0.